The van der Waals surface area contributed by atoms with Crippen LogP contribution in [0.1, 0.15) is 96.3 Å². The van der Waals surface area contributed by atoms with E-state index in [9.17, 15) is 0 Å². The van der Waals surface area contributed by atoms with Crippen LogP contribution in [-0.4, -0.2) is 20.2 Å². The van der Waals surface area contributed by atoms with E-state index in [0.717, 1.165) is 28.2 Å². The molecule has 2 aliphatic rings. The fraction of sp³-hybridized carbons (Fsp3) is 1.00. The molecule has 0 heterocycles. The van der Waals surface area contributed by atoms with Crippen molar-refractivity contribution in [2.24, 2.45) is 17.8 Å². The Hall–Kier alpha value is 0.394. The monoisotopic (exact) mass is 339 g/mol. The molecule has 0 aromatic heterocycles. The third-order valence-electron chi connectivity index (χ3n) is 6.30. The van der Waals surface area contributed by atoms with Crippen LogP contribution in [0.5, 0.6) is 0 Å². The smallest absolute Gasteiger partial charge is 0.177 e. The Bertz CT molecular complexity index is 234. The summed E-state index contributed by atoms with van der Waals surface area (Å²) in [5.41, 5.74) is 0. The van der Waals surface area contributed by atoms with Crippen LogP contribution in [0.2, 0.25) is 6.04 Å². The van der Waals surface area contributed by atoms with Gasteiger partial charge < -0.3 is 4.12 Å². The second kappa shape index (κ2) is 11.9. The van der Waals surface area contributed by atoms with Crippen LogP contribution in [0.4, 0.5) is 0 Å². The molecule has 0 atom stereocenters. The molecule has 2 rings (SSSR count). The van der Waals surface area contributed by atoms with Gasteiger partial charge in [0, 0.05) is 0 Å². The van der Waals surface area contributed by atoms with Crippen molar-refractivity contribution >= 4 is 20.2 Å². The Kier molecular flexibility index (Phi) is 10.1. The minimum Gasteiger partial charge on any atom is -0.466 e. The van der Waals surface area contributed by atoms with Gasteiger partial charge in [-0.05, 0) is 23.8 Å². The summed E-state index contributed by atoms with van der Waals surface area (Å²) >= 11 is 0. The fourth-order valence-corrected chi connectivity index (χ4v) is 6.53. The van der Waals surface area contributed by atoms with Crippen LogP contribution in [0.15, 0.2) is 0 Å². The minimum absolute atomic E-state index is 0.315. The van der Waals surface area contributed by atoms with Crippen LogP contribution in [0, 0.1) is 17.8 Å². The lowest BCUT2D eigenvalue weighted by Crippen LogP contribution is -2.26. The Labute approximate surface area is 144 Å². The van der Waals surface area contributed by atoms with Crippen LogP contribution < -0.4 is 0 Å². The van der Waals surface area contributed by atoms with Gasteiger partial charge in [-0.1, -0.05) is 96.3 Å². The molecule has 0 N–H and O–H groups in total. The summed E-state index contributed by atoms with van der Waals surface area (Å²) in [6, 6.07) is 1.40. The van der Waals surface area contributed by atoms with Crippen molar-refractivity contribution in [3.8, 4) is 0 Å². The first-order valence-electron chi connectivity index (χ1n) is 10.3. The van der Waals surface area contributed by atoms with E-state index in [1.807, 2.05) is 0 Å². The Morgan fingerprint density at radius 1 is 0.727 bits per heavy atom. The molecule has 0 aliphatic heterocycles. The fourth-order valence-electron chi connectivity index (χ4n) is 5.07. The SMILES string of the molecule is [SiH3]O[SiH]CCC(C1CCCCCCC1)C1CCCCCCC1. The van der Waals surface area contributed by atoms with Gasteiger partial charge in [-0.3, -0.25) is 0 Å². The predicted molar refractivity (Wildman–Crippen MR) is 103 cm³/mol. The molecule has 0 bridgehead atoms. The normalized spacial score (nSPS) is 23.9. The van der Waals surface area contributed by atoms with E-state index in [4.69, 9.17) is 4.12 Å². The molecule has 1 nitrogen and oxygen atoms in total. The maximum atomic E-state index is 5.58. The van der Waals surface area contributed by atoms with Crippen molar-refractivity contribution in [3.05, 3.63) is 0 Å². The maximum absolute atomic E-state index is 5.58. The highest BCUT2D eigenvalue weighted by atomic mass is 28.3. The van der Waals surface area contributed by atoms with E-state index in [0.29, 0.717) is 9.76 Å². The van der Waals surface area contributed by atoms with Crippen molar-refractivity contribution in [3.63, 3.8) is 0 Å². The first kappa shape index (κ1) is 18.7. The highest BCUT2D eigenvalue weighted by Crippen LogP contribution is 2.40. The molecule has 3 heteroatoms. The second-order valence-corrected chi connectivity index (χ2v) is 10.7. The van der Waals surface area contributed by atoms with Crippen molar-refractivity contribution in [1.29, 1.82) is 0 Å². The predicted octanol–water partition coefficient (Wildman–Crippen LogP) is 4.78. The first-order chi connectivity index (χ1) is 10.9. The van der Waals surface area contributed by atoms with Gasteiger partial charge in [-0.15, -0.1) is 0 Å². The molecule has 129 valence electrons. The first-order valence-corrected chi connectivity index (χ1v) is 12.4. The second-order valence-electron chi connectivity index (χ2n) is 7.85. The van der Waals surface area contributed by atoms with E-state index < -0.39 is 0 Å². The summed E-state index contributed by atoms with van der Waals surface area (Å²) in [4.78, 5) is 0. The Morgan fingerprint density at radius 2 is 1.14 bits per heavy atom. The topological polar surface area (TPSA) is 9.23 Å². The van der Waals surface area contributed by atoms with Crippen molar-refractivity contribution in [2.75, 3.05) is 0 Å². The zero-order chi connectivity index (χ0) is 15.5. The summed E-state index contributed by atoms with van der Waals surface area (Å²) in [7, 11) is 1.27. The molecule has 2 saturated carbocycles. The molecule has 0 aromatic rings. The van der Waals surface area contributed by atoms with E-state index in [-0.39, 0.29) is 0 Å². The van der Waals surface area contributed by atoms with Gasteiger partial charge in [0.25, 0.3) is 0 Å². The zero-order valence-corrected chi connectivity index (χ0v) is 18.2. The largest absolute Gasteiger partial charge is 0.466 e. The number of hydrogen-bond donors (Lipinski definition) is 0. The lowest BCUT2D eigenvalue weighted by molar-refractivity contribution is 0.155. The Balaban J connectivity index is 1.95. The lowest BCUT2D eigenvalue weighted by Gasteiger charge is -2.36. The van der Waals surface area contributed by atoms with Crippen LogP contribution in [0.25, 0.3) is 0 Å². The lowest BCUT2D eigenvalue weighted by atomic mass is 9.70. The van der Waals surface area contributed by atoms with E-state index in [2.05, 4.69) is 0 Å². The molecule has 22 heavy (non-hydrogen) atoms. The van der Waals surface area contributed by atoms with Crippen molar-refractivity contribution in [2.45, 2.75) is 102 Å². The molecule has 2 aliphatic carbocycles. The third-order valence-corrected chi connectivity index (χ3v) is 8.20. The molecule has 0 unspecified atom stereocenters. The van der Waals surface area contributed by atoms with Crippen LogP contribution in [-0.2, 0) is 4.12 Å². The number of rotatable bonds is 6. The van der Waals surface area contributed by atoms with Crippen LogP contribution in [0.3, 0.4) is 0 Å². The molecule has 0 spiro atoms. The van der Waals surface area contributed by atoms with Crippen molar-refractivity contribution < 1.29 is 4.12 Å². The summed E-state index contributed by atoms with van der Waals surface area (Å²) < 4.78 is 5.58. The van der Waals surface area contributed by atoms with Crippen LogP contribution >= 0.6 is 0 Å². The Morgan fingerprint density at radius 3 is 1.55 bits per heavy atom. The average molecular weight is 340 g/mol. The molecule has 1 radical (unpaired) electrons. The van der Waals surface area contributed by atoms with Gasteiger partial charge in [0.1, 0.15) is 10.5 Å². The van der Waals surface area contributed by atoms with Crippen molar-refractivity contribution in [1.82, 2.24) is 0 Å². The highest BCUT2D eigenvalue weighted by molar-refractivity contribution is 6.34. The van der Waals surface area contributed by atoms with Gasteiger partial charge in [-0.25, -0.2) is 0 Å². The molecule has 0 saturated heterocycles. The summed E-state index contributed by atoms with van der Waals surface area (Å²) in [6.07, 6.45) is 22.7. The highest BCUT2D eigenvalue weighted by Gasteiger charge is 2.29. The summed E-state index contributed by atoms with van der Waals surface area (Å²) in [5.74, 6) is 3.15. The average Bonchev–Trinajstić information content (AvgIpc) is 2.45. The number of hydrogen-bond acceptors (Lipinski definition) is 1. The molecular weight excluding hydrogens is 300 g/mol. The zero-order valence-electron chi connectivity index (χ0n) is 15.0. The maximum Gasteiger partial charge on any atom is 0.177 e. The van der Waals surface area contributed by atoms with Gasteiger partial charge in [0.05, 0.1) is 0 Å². The molecular formula is C19H39OSi2. The summed E-state index contributed by atoms with van der Waals surface area (Å²) in [6.45, 7) is 0. The van der Waals surface area contributed by atoms with Gasteiger partial charge >= 0.3 is 0 Å². The minimum atomic E-state index is 0.315. The molecule has 0 aromatic carbocycles. The summed E-state index contributed by atoms with van der Waals surface area (Å²) in [5, 5.41) is 0. The van der Waals surface area contributed by atoms with Gasteiger partial charge in [0.2, 0.25) is 0 Å². The third kappa shape index (κ3) is 6.88. The molecule has 2 fully saturated rings. The van der Waals surface area contributed by atoms with Gasteiger partial charge in [-0.2, -0.15) is 0 Å². The van der Waals surface area contributed by atoms with E-state index in [1.54, 1.807) is 0 Å². The van der Waals surface area contributed by atoms with E-state index >= 15 is 0 Å². The standard InChI is InChI=1S/C19H39OSi2/c21-20-22-16-15-19(17-11-7-3-1-4-8-12-17)18-13-9-5-2-6-10-14-18/h17-19,22H,1-16H2,21H3. The van der Waals surface area contributed by atoms with E-state index in [1.165, 1.54) is 102 Å². The quantitative estimate of drug-likeness (QED) is 0.500. The molecule has 0 amide bonds. The van der Waals surface area contributed by atoms with Gasteiger partial charge in [0.15, 0.2) is 9.76 Å².